The van der Waals surface area contributed by atoms with E-state index < -0.39 is 36.0 Å². The molecule has 1 aliphatic heterocycles. The SMILES string of the molecule is O=C(O)C[C@H](NO)C(=O)C(=O)[C@@H]1CCCN1C(=O)CNS. The van der Waals surface area contributed by atoms with E-state index in [1.807, 2.05) is 0 Å². The van der Waals surface area contributed by atoms with Crippen LogP contribution in [0.3, 0.4) is 0 Å². The molecule has 1 aliphatic rings. The molecule has 0 saturated carbocycles. The second kappa shape index (κ2) is 8.08. The Bertz CT molecular complexity index is 444. The smallest absolute Gasteiger partial charge is 0.305 e. The minimum Gasteiger partial charge on any atom is -0.481 e. The first-order valence-corrected chi connectivity index (χ1v) is 6.73. The molecule has 0 aliphatic carbocycles. The summed E-state index contributed by atoms with van der Waals surface area (Å²) in [5.74, 6) is -3.64. The van der Waals surface area contributed by atoms with Gasteiger partial charge in [-0.1, -0.05) is 12.8 Å². The number of hydrogen-bond acceptors (Lipinski definition) is 8. The third-order valence-corrected chi connectivity index (χ3v) is 3.36. The fourth-order valence-electron chi connectivity index (χ4n) is 2.21. The van der Waals surface area contributed by atoms with Gasteiger partial charge in [0.25, 0.3) is 0 Å². The molecule has 0 bridgehead atoms. The number of nitrogens with one attached hydrogen (secondary N) is 2. The summed E-state index contributed by atoms with van der Waals surface area (Å²) in [5, 5.41) is 17.4. The second-order valence-electron chi connectivity index (χ2n) is 4.59. The van der Waals surface area contributed by atoms with Crippen LogP contribution in [0.15, 0.2) is 0 Å². The van der Waals surface area contributed by atoms with Gasteiger partial charge in [-0.25, -0.2) is 0 Å². The van der Waals surface area contributed by atoms with Crippen molar-refractivity contribution in [2.45, 2.75) is 31.3 Å². The number of nitrogens with zero attached hydrogens (tertiary/aromatic N) is 1. The maximum Gasteiger partial charge on any atom is 0.305 e. The number of amides is 1. The summed E-state index contributed by atoms with van der Waals surface area (Å²) in [7, 11) is 0. The Morgan fingerprint density at radius 3 is 2.52 bits per heavy atom. The molecule has 1 heterocycles. The normalized spacial score (nSPS) is 19.3. The van der Waals surface area contributed by atoms with Gasteiger partial charge in [-0.15, -0.1) is 0 Å². The van der Waals surface area contributed by atoms with E-state index in [1.54, 1.807) is 0 Å². The van der Waals surface area contributed by atoms with Crippen LogP contribution in [-0.4, -0.2) is 63.8 Å². The fraction of sp³-hybridized carbons (Fsp3) is 0.636. The molecule has 21 heavy (non-hydrogen) atoms. The van der Waals surface area contributed by atoms with Crippen LogP contribution in [0, 0.1) is 0 Å². The summed E-state index contributed by atoms with van der Waals surface area (Å²) in [4.78, 5) is 47.7. The Hall–Kier alpha value is -1.49. The summed E-state index contributed by atoms with van der Waals surface area (Å²) < 4.78 is 2.37. The Labute approximate surface area is 126 Å². The molecule has 1 saturated heterocycles. The van der Waals surface area contributed by atoms with Crippen molar-refractivity contribution in [3.05, 3.63) is 0 Å². The number of rotatable bonds is 8. The van der Waals surface area contributed by atoms with Crippen LogP contribution in [0.25, 0.3) is 0 Å². The van der Waals surface area contributed by atoms with Crippen molar-refractivity contribution in [3.8, 4) is 0 Å². The van der Waals surface area contributed by atoms with Crippen LogP contribution in [0.1, 0.15) is 19.3 Å². The molecule has 2 atom stereocenters. The largest absolute Gasteiger partial charge is 0.481 e. The van der Waals surface area contributed by atoms with Crippen LogP contribution in [-0.2, 0) is 19.2 Å². The Morgan fingerprint density at radius 2 is 2.00 bits per heavy atom. The van der Waals surface area contributed by atoms with Crippen LogP contribution in [0.2, 0.25) is 0 Å². The number of Topliss-reactive ketones (excluding diaryl/α,β-unsaturated/α-hetero) is 2. The van der Waals surface area contributed by atoms with Gasteiger partial charge in [-0.3, -0.25) is 23.9 Å². The van der Waals surface area contributed by atoms with Gasteiger partial charge < -0.3 is 15.2 Å². The molecule has 10 heteroatoms. The summed E-state index contributed by atoms with van der Waals surface area (Å²) >= 11 is 3.70. The van der Waals surface area contributed by atoms with Gasteiger partial charge >= 0.3 is 5.97 Å². The number of ketones is 2. The minimum atomic E-state index is -1.52. The Morgan fingerprint density at radius 1 is 1.33 bits per heavy atom. The van der Waals surface area contributed by atoms with Crippen LogP contribution in [0.5, 0.6) is 0 Å². The highest BCUT2D eigenvalue weighted by atomic mass is 32.1. The number of carboxylic acids is 1. The molecule has 0 unspecified atom stereocenters. The van der Waals surface area contributed by atoms with Crippen LogP contribution < -0.4 is 10.2 Å². The van der Waals surface area contributed by atoms with Crippen molar-refractivity contribution in [1.82, 2.24) is 15.1 Å². The zero-order valence-electron chi connectivity index (χ0n) is 11.1. The molecule has 0 aromatic rings. The van der Waals surface area contributed by atoms with Gasteiger partial charge in [-0.2, -0.15) is 5.48 Å². The van der Waals surface area contributed by atoms with Gasteiger partial charge in [0.05, 0.1) is 19.0 Å². The first-order valence-electron chi connectivity index (χ1n) is 6.28. The molecule has 118 valence electrons. The molecular formula is C11H17N3O6S. The van der Waals surface area contributed by atoms with E-state index in [0.29, 0.717) is 19.4 Å². The summed E-state index contributed by atoms with van der Waals surface area (Å²) in [6, 6.07) is -2.44. The molecule has 1 amide bonds. The number of thiol groups is 1. The van der Waals surface area contributed by atoms with Crippen molar-refractivity contribution in [3.63, 3.8) is 0 Å². The quantitative estimate of drug-likeness (QED) is 0.204. The van der Waals surface area contributed by atoms with E-state index in [1.165, 1.54) is 10.4 Å². The standard InChI is InChI=1S/C11H17N3O6S/c15-8(5-12-21)14-3-1-2-7(14)11(19)10(18)6(13-20)4-9(16)17/h6-7,12-13,20-21H,1-5H2,(H,16,17)/t6-,7-/m0/s1. The molecule has 0 spiro atoms. The number of hydroxylamine groups is 1. The molecule has 1 fully saturated rings. The number of carbonyl (C=O) groups is 4. The van der Waals surface area contributed by atoms with E-state index in [2.05, 4.69) is 17.5 Å². The van der Waals surface area contributed by atoms with Crippen LogP contribution in [0.4, 0.5) is 0 Å². The molecule has 0 aromatic heterocycles. The third kappa shape index (κ3) is 4.49. The highest BCUT2D eigenvalue weighted by Gasteiger charge is 2.39. The van der Waals surface area contributed by atoms with E-state index in [9.17, 15) is 19.2 Å². The van der Waals surface area contributed by atoms with Crippen molar-refractivity contribution in [2.75, 3.05) is 13.1 Å². The fourth-order valence-corrected chi connectivity index (χ4v) is 2.35. The Balaban J connectivity index is 2.78. The Kier molecular flexibility index (Phi) is 6.75. The molecular weight excluding hydrogens is 302 g/mol. The lowest BCUT2D eigenvalue weighted by molar-refractivity contribution is -0.147. The molecule has 4 N–H and O–H groups in total. The first-order chi connectivity index (χ1) is 9.92. The topological polar surface area (TPSA) is 136 Å². The second-order valence-corrected chi connectivity index (χ2v) is 4.90. The lowest BCUT2D eigenvalue weighted by Gasteiger charge is -2.24. The highest BCUT2D eigenvalue weighted by Crippen LogP contribution is 2.19. The number of hydrogen-bond donors (Lipinski definition) is 5. The lowest BCUT2D eigenvalue weighted by Crippen LogP contribution is -2.50. The lowest BCUT2D eigenvalue weighted by atomic mass is 9.99. The monoisotopic (exact) mass is 319 g/mol. The molecule has 9 nitrogen and oxygen atoms in total. The maximum atomic E-state index is 12.1. The van der Waals surface area contributed by atoms with E-state index in [4.69, 9.17) is 10.3 Å². The predicted octanol–water partition coefficient (Wildman–Crippen LogP) is -1.63. The molecule has 0 radical (unpaired) electrons. The van der Waals surface area contributed by atoms with E-state index >= 15 is 0 Å². The zero-order chi connectivity index (χ0) is 16.0. The summed E-state index contributed by atoms with van der Waals surface area (Å²) in [6.07, 6.45) is 0.173. The zero-order valence-corrected chi connectivity index (χ0v) is 12.0. The summed E-state index contributed by atoms with van der Waals surface area (Å²) in [5.41, 5.74) is 1.53. The summed E-state index contributed by atoms with van der Waals surface area (Å²) in [6.45, 7) is 0.256. The van der Waals surface area contributed by atoms with Gasteiger partial charge in [0.1, 0.15) is 6.04 Å². The van der Waals surface area contributed by atoms with Gasteiger partial charge in [-0.05, 0) is 12.8 Å². The minimum absolute atomic E-state index is 0.0854. The highest BCUT2D eigenvalue weighted by molar-refractivity contribution is 7.78. The van der Waals surface area contributed by atoms with Crippen molar-refractivity contribution in [2.24, 2.45) is 0 Å². The average molecular weight is 319 g/mol. The molecule has 1 rings (SSSR count). The number of carboxylic acid groups (broad SMARTS) is 1. The van der Waals surface area contributed by atoms with Crippen molar-refractivity contribution >= 4 is 36.3 Å². The van der Waals surface area contributed by atoms with Gasteiger partial charge in [0.2, 0.25) is 17.5 Å². The van der Waals surface area contributed by atoms with Gasteiger partial charge in [0, 0.05) is 6.54 Å². The van der Waals surface area contributed by atoms with E-state index in [0.717, 1.165) is 0 Å². The van der Waals surface area contributed by atoms with Crippen LogP contribution >= 0.6 is 12.8 Å². The maximum absolute atomic E-state index is 12.1. The average Bonchev–Trinajstić information content (AvgIpc) is 2.92. The number of carbonyl (C=O) groups excluding carboxylic acids is 3. The number of aliphatic carboxylic acids is 1. The van der Waals surface area contributed by atoms with Crippen molar-refractivity contribution < 1.29 is 29.5 Å². The first kappa shape index (κ1) is 17.6. The van der Waals surface area contributed by atoms with Crippen molar-refractivity contribution in [1.29, 1.82) is 0 Å². The predicted molar refractivity (Wildman–Crippen MR) is 72.7 cm³/mol. The number of likely N-dealkylation sites (tertiary alicyclic amines) is 1. The van der Waals surface area contributed by atoms with Gasteiger partial charge in [0.15, 0.2) is 0 Å². The van der Waals surface area contributed by atoms with E-state index in [-0.39, 0.29) is 12.5 Å². The molecule has 0 aromatic carbocycles. The third-order valence-electron chi connectivity index (χ3n) is 3.20.